The van der Waals surface area contributed by atoms with Crippen LogP contribution in [0.1, 0.15) is 9.67 Å². The number of aryl methyl sites for hydroxylation is 1. The van der Waals surface area contributed by atoms with Crippen molar-refractivity contribution in [3.05, 3.63) is 54.7 Å². The van der Waals surface area contributed by atoms with E-state index < -0.39 is 23.2 Å². The second-order valence-corrected chi connectivity index (χ2v) is 7.19. The average molecular weight is 462 g/mol. The molecule has 24 heavy (non-hydrogen) atoms. The summed E-state index contributed by atoms with van der Waals surface area (Å²) in [5.41, 5.74) is -0.516. The quantitative estimate of drug-likeness (QED) is 0.579. The van der Waals surface area contributed by atoms with Crippen molar-refractivity contribution in [3.63, 3.8) is 0 Å². The second kappa shape index (κ2) is 6.13. The van der Waals surface area contributed by atoms with Gasteiger partial charge >= 0.3 is 5.97 Å². The molecule has 0 radical (unpaired) electrons. The van der Waals surface area contributed by atoms with E-state index in [1.54, 1.807) is 6.07 Å². The largest absolute Gasteiger partial charge is 0.477 e. The van der Waals surface area contributed by atoms with Crippen LogP contribution in [-0.4, -0.2) is 15.6 Å². The molecule has 0 fully saturated rings. The number of aromatic carboxylic acids is 1. The predicted molar refractivity (Wildman–Crippen MR) is 96.4 cm³/mol. The van der Waals surface area contributed by atoms with Gasteiger partial charge in [-0.15, -0.1) is 11.3 Å². The summed E-state index contributed by atoms with van der Waals surface area (Å²) in [6.07, 6.45) is 0. The molecule has 0 atom stereocenters. The summed E-state index contributed by atoms with van der Waals surface area (Å²) in [5, 5.41) is 12.1. The molecule has 0 bridgehead atoms. The van der Waals surface area contributed by atoms with Crippen LogP contribution in [0.4, 0.5) is 20.2 Å². The van der Waals surface area contributed by atoms with Crippen LogP contribution in [-0.2, 0) is 7.05 Å². The van der Waals surface area contributed by atoms with Gasteiger partial charge in [-0.3, -0.25) is 4.79 Å². The highest BCUT2D eigenvalue weighted by molar-refractivity contribution is 14.1. The van der Waals surface area contributed by atoms with Crippen molar-refractivity contribution < 1.29 is 18.7 Å². The lowest BCUT2D eigenvalue weighted by Gasteiger charge is -2.10. The van der Waals surface area contributed by atoms with E-state index in [-0.39, 0.29) is 26.5 Å². The van der Waals surface area contributed by atoms with Crippen molar-refractivity contribution in [2.75, 3.05) is 5.32 Å². The van der Waals surface area contributed by atoms with Gasteiger partial charge in [0.25, 0.3) is 5.56 Å². The number of halogens is 3. The average Bonchev–Trinajstić information content (AvgIpc) is 2.88. The maximum Gasteiger partial charge on any atom is 0.348 e. The highest BCUT2D eigenvalue weighted by atomic mass is 127. The first kappa shape index (κ1) is 16.8. The third kappa shape index (κ3) is 2.77. The molecule has 0 unspecified atom stereocenters. The van der Waals surface area contributed by atoms with Gasteiger partial charge in [-0.05, 0) is 40.8 Å². The summed E-state index contributed by atoms with van der Waals surface area (Å²) < 4.78 is 30.0. The molecule has 0 aliphatic heterocycles. The fourth-order valence-electron chi connectivity index (χ4n) is 2.28. The summed E-state index contributed by atoms with van der Waals surface area (Å²) in [5.74, 6) is -2.69. The minimum absolute atomic E-state index is 0.0123. The molecule has 124 valence electrons. The number of hydrogen-bond donors (Lipinski definition) is 2. The van der Waals surface area contributed by atoms with Crippen molar-refractivity contribution in [3.8, 4) is 0 Å². The number of aromatic nitrogens is 1. The lowest BCUT2D eigenvalue weighted by atomic mass is 10.2. The number of carboxylic acids is 1. The molecular weight excluding hydrogens is 453 g/mol. The zero-order valence-electron chi connectivity index (χ0n) is 12.1. The van der Waals surface area contributed by atoms with E-state index >= 15 is 0 Å². The summed E-state index contributed by atoms with van der Waals surface area (Å²) >= 11 is 2.63. The van der Waals surface area contributed by atoms with Gasteiger partial charge in [-0.1, -0.05) is 0 Å². The van der Waals surface area contributed by atoms with E-state index in [1.807, 2.05) is 22.6 Å². The molecule has 0 saturated heterocycles. The van der Waals surface area contributed by atoms with E-state index in [2.05, 4.69) is 5.32 Å². The Hall–Kier alpha value is -2.01. The number of fused-ring (bicyclic) bond motifs is 1. The SMILES string of the molecule is Cn1c(=O)cc(F)c2sc(C(=O)O)c(Nc3ccc(I)cc3F)c21. The van der Waals surface area contributed by atoms with Crippen LogP contribution in [0.5, 0.6) is 0 Å². The summed E-state index contributed by atoms with van der Waals surface area (Å²) in [6, 6.07) is 5.15. The Morgan fingerprint density at radius 3 is 2.62 bits per heavy atom. The Labute approximate surface area is 151 Å². The van der Waals surface area contributed by atoms with Crippen molar-refractivity contribution in [2.24, 2.45) is 7.05 Å². The van der Waals surface area contributed by atoms with E-state index in [4.69, 9.17) is 0 Å². The highest BCUT2D eigenvalue weighted by Crippen LogP contribution is 2.38. The highest BCUT2D eigenvalue weighted by Gasteiger charge is 2.23. The molecule has 2 N–H and O–H groups in total. The topological polar surface area (TPSA) is 71.3 Å². The number of benzene rings is 1. The number of carbonyl (C=O) groups is 1. The smallest absolute Gasteiger partial charge is 0.348 e. The first-order valence-electron chi connectivity index (χ1n) is 6.57. The second-order valence-electron chi connectivity index (χ2n) is 4.93. The number of anilines is 2. The van der Waals surface area contributed by atoms with Crippen molar-refractivity contribution in [1.82, 2.24) is 4.57 Å². The van der Waals surface area contributed by atoms with Crippen LogP contribution in [0.3, 0.4) is 0 Å². The molecule has 0 aliphatic carbocycles. The van der Waals surface area contributed by atoms with Gasteiger partial charge in [-0.2, -0.15) is 0 Å². The fraction of sp³-hybridized carbons (Fsp3) is 0.0667. The molecule has 1 aromatic carbocycles. The Kier molecular flexibility index (Phi) is 4.30. The Balaban J connectivity index is 2.31. The van der Waals surface area contributed by atoms with Crippen molar-refractivity contribution in [1.29, 1.82) is 0 Å². The third-order valence-corrected chi connectivity index (χ3v) is 5.25. The first-order valence-corrected chi connectivity index (χ1v) is 8.46. The van der Waals surface area contributed by atoms with Crippen LogP contribution in [0, 0.1) is 15.2 Å². The minimum atomic E-state index is -1.29. The molecule has 5 nitrogen and oxygen atoms in total. The number of carboxylic acid groups (broad SMARTS) is 1. The van der Waals surface area contributed by atoms with E-state index in [0.29, 0.717) is 14.9 Å². The van der Waals surface area contributed by atoms with Gasteiger partial charge < -0.3 is 15.0 Å². The summed E-state index contributed by atoms with van der Waals surface area (Å²) in [7, 11) is 1.40. The zero-order chi connectivity index (χ0) is 17.6. The van der Waals surface area contributed by atoms with Gasteiger partial charge in [0, 0.05) is 16.7 Å². The number of rotatable bonds is 3. The van der Waals surface area contributed by atoms with Gasteiger partial charge in [0.15, 0.2) is 0 Å². The Bertz CT molecular complexity index is 1050. The Morgan fingerprint density at radius 1 is 1.29 bits per heavy atom. The zero-order valence-corrected chi connectivity index (χ0v) is 15.0. The monoisotopic (exact) mass is 462 g/mol. The minimum Gasteiger partial charge on any atom is -0.477 e. The molecule has 0 saturated carbocycles. The molecular formula is C15H9F2IN2O3S. The lowest BCUT2D eigenvalue weighted by Crippen LogP contribution is -2.17. The van der Waals surface area contributed by atoms with Crippen molar-refractivity contribution in [2.45, 2.75) is 0 Å². The molecule has 0 spiro atoms. The fourth-order valence-corrected chi connectivity index (χ4v) is 3.76. The van der Waals surface area contributed by atoms with Crippen LogP contribution in [0.15, 0.2) is 29.1 Å². The number of nitrogens with zero attached hydrogens (tertiary/aromatic N) is 1. The van der Waals surface area contributed by atoms with Gasteiger partial charge in [-0.25, -0.2) is 13.6 Å². The molecule has 0 amide bonds. The standard InChI is InChI=1S/C15H9F2IN2O3S/c1-20-10(21)5-8(17)13-12(20)11(14(24-13)15(22)23)19-9-3-2-6(18)4-7(9)16/h2-5,19H,1H3,(H,22,23). The van der Waals surface area contributed by atoms with Gasteiger partial charge in [0.05, 0.1) is 21.6 Å². The maximum atomic E-state index is 14.1. The van der Waals surface area contributed by atoms with Crippen LogP contribution in [0.25, 0.3) is 10.2 Å². The summed E-state index contributed by atoms with van der Waals surface area (Å²) in [6.45, 7) is 0. The van der Waals surface area contributed by atoms with Crippen LogP contribution >= 0.6 is 33.9 Å². The molecule has 0 aliphatic rings. The van der Waals surface area contributed by atoms with Gasteiger partial charge in [0.1, 0.15) is 16.5 Å². The third-order valence-electron chi connectivity index (χ3n) is 3.40. The normalized spacial score (nSPS) is 11.0. The molecule has 2 heterocycles. The number of hydrogen-bond acceptors (Lipinski definition) is 4. The van der Waals surface area contributed by atoms with E-state index in [9.17, 15) is 23.5 Å². The molecule has 2 aromatic heterocycles. The summed E-state index contributed by atoms with van der Waals surface area (Å²) in [4.78, 5) is 23.1. The van der Waals surface area contributed by atoms with Crippen LogP contribution in [0.2, 0.25) is 0 Å². The Morgan fingerprint density at radius 2 is 2.00 bits per heavy atom. The number of nitrogens with one attached hydrogen (secondary N) is 1. The van der Waals surface area contributed by atoms with Crippen LogP contribution < -0.4 is 10.9 Å². The van der Waals surface area contributed by atoms with Gasteiger partial charge in [0.2, 0.25) is 0 Å². The first-order chi connectivity index (χ1) is 11.3. The van der Waals surface area contributed by atoms with E-state index in [1.165, 1.54) is 19.2 Å². The maximum absolute atomic E-state index is 14.1. The lowest BCUT2D eigenvalue weighted by molar-refractivity contribution is 0.0703. The molecule has 3 aromatic rings. The van der Waals surface area contributed by atoms with Crippen molar-refractivity contribution >= 4 is 61.5 Å². The number of pyridine rings is 1. The van der Waals surface area contributed by atoms with E-state index in [0.717, 1.165) is 10.6 Å². The molecule has 9 heteroatoms. The number of thiophene rings is 1. The predicted octanol–water partition coefficient (Wildman–Crippen LogP) is 3.92. The molecule has 3 rings (SSSR count).